The van der Waals surface area contributed by atoms with Crippen LogP contribution in [0, 0.1) is 6.92 Å². The van der Waals surface area contributed by atoms with E-state index in [0.717, 1.165) is 21.6 Å². The number of benzene rings is 1. The Hall–Kier alpha value is -2.01. The standard InChI is InChI=1S/C13H11N3OS/c1-8-11(9(2)17)7-16(14-8)13-10-5-3-4-6-12(10)18-15-13/h3-7H,1-2H3. The van der Waals surface area contributed by atoms with Crippen LogP contribution in [0.4, 0.5) is 0 Å². The van der Waals surface area contributed by atoms with Gasteiger partial charge < -0.3 is 0 Å². The molecule has 4 nitrogen and oxygen atoms in total. The van der Waals surface area contributed by atoms with Crippen LogP contribution in [0.2, 0.25) is 0 Å². The number of carbonyl (C=O) groups is 1. The van der Waals surface area contributed by atoms with Gasteiger partial charge in [0, 0.05) is 11.6 Å². The van der Waals surface area contributed by atoms with Crippen LogP contribution < -0.4 is 0 Å². The number of fused-ring (bicyclic) bond motifs is 1. The number of rotatable bonds is 2. The van der Waals surface area contributed by atoms with Crippen molar-refractivity contribution in [2.45, 2.75) is 13.8 Å². The van der Waals surface area contributed by atoms with Gasteiger partial charge in [-0.2, -0.15) is 9.47 Å². The molecule has 0 spiro atoms. The second-order valence-electron chi connectivity index (χ2n) is 4.13. The summed E-state index contributed by atoms with van der Waals surface area (Å²) in [6, 6.07) is 8.00. The molecule has 0 aliphatic carbocycles. The molecule has 0 saturated carbocycles. The Balaban J connectivity index is 2.20. The van der Waals surface area contributed by atoms with Gasteiger partial charge in [0.05, 0.1) is 16.0 Å². The molecule has 0 aliphatic heterocycles. The summed E-state index contributed by atoms with van der Waals surface area (Å²) in [5, 5.41) is 5.42. The number of Topliss-reactive ketones (excluding diaryl/α,β-unsaturated/α-hetero) is 1. The summed E-state index contributed by atoms with van der Waals surface area (Å²) in [5.41, 5.74) is 1.38. The highest BCUT2D eigenvalue weighted by Crippen LogP contribution is 2.25. The number of carbonyl (C=O) groups excluding carboxylic acids is 1. The summed E-state index contributed by atoms with van der Waals surface area (Å²) in [6.07, 6.45) is 1.75. The van der Waals surface area contributed by atoms with Gasteiger partial charge in [0.2, 0.25) is 0 Å². The van der Waals surface area contributed by atoms with E-state index < -0.39 is 0 Å². The zero-order chi connectivity index (χ0) is 12.7. The van der Waals surface area contributed by atoms with Gasteiger partial charge in [-0.1, -0.05) is 12.1 Å². The minimum atomic E-state index is 0.0262. The molecular formula is C13H11N3OS. The van der Waals surface area contributed by atoms with Gasteiger partial charge in [0.1, 0.15) is 0 Å². The van der Waals surface area contributed by atoms with Crippen molar-refractivity contribution in [2.24, 2.45) is 0 Å². The van der Waals surface area contributed by atoms with Crippen LogP contribution >= 0.6 is 11.5 Å². The van der Waals surface area contributed by atoms with Crippen molar-refractivity contribution in [3.8, 4) is 5.82 Å². The average Bonchev–Trinajstić information content (AvgIpc) is 2.92. The molecule has 2 aromatic heterocycles. The number of hydrogen-bond donors (Lipinski definition) is 0. The molecule has 90 valence electrons. The molecule has 2 heterocycles. The quantitative estimate of drug-likeness (QED) is 0.663. The van der Waals surface area contributed by atoms with Crippen molar-refractivity contribution in [1.82, 2.24) is 14.2 Å². The van der Waals surface area contributed by atoms with Crippen molar-refractivity contribution in [3.05, 3.63) is 41.7 Å². The molecular weight excluding hydrogens is 246 g/mol. The first-order valence-corrected chi connectivity index (χ1v) is 6.36. The average molecular weight is 257 g/mol. The first kappa shape index (κ1) is 11.1. The number of hydrogen-bond acceptors (Lipinski definition) is 4. The Bertz CT molecular complexity index is 742. The van der Waals surface area contributed by atoms with Crippen LogP contribution in [0.3, 0.4) is 0 Å². The minimum absolute atomic E-state index is 0.0262. The van der Waals surface area contributed by atoms with E-state index in [1.165, 1.54) is 11.5 Å². The SMILES string of the molecule is CC(=O)c1cn(-c2nsc3ccccc23)nc1C. The van der Waals surface area contributed by atoms with E-state index in [1.807, 2.05) is 31.2 Å². The highest BCUT2D eigenvalue weighted by atomic mass is 32.1. The van der Waals surface area contributed by atoms with Gasteiger partial charge in [-0.15, -0.1) is 0 Å². The third kappa shape index (κ3) is 1.64. The van der Waals surface area contributed by atoms with Crippen molar-refractivity contribution in [3.63, 3.8) is 0 Å². The Morgan fingerprint density at radius 1 is 1.33 bits per heavy atom. The lowest BCUT2D eigenvalue weighted by atomic mass is 10.2. The van der Waals surface area contributed by atoms with Gasteiger partial charge >= 0.3 is 0 Å². The number of aryl methyl sites for hydroxylation is 1. The molecule has 3 aromatic rings. The Morgan fingerprint density at radius 3 is 2.83 bits per heavy atom. The molecule has 0 N–H and O–H groups in total. The number of aromatic nitrogens is 3. The molecule has 3 rings (SSSR count). The van der Waals surface area contributed by atoms with E-state index in [0.29, 0.717) is 5.56 Å². The lowest BCUT2D eigenvalue weighted by Gasteiger charge is -1.96. The first-order chi connectivity index (χ1) is 8.66. The largest absolute Gasteiger partial charge is 0.294 e. The summed E-state index contributed by atoms with van der Waals surface area (Å²) >= 11 is 1.44. The zero-order valence-corrected chi connectivity index (χ0v) is 10.9. The third-order valence-electron chi connectivity index (χ3n) is 2.85. The molecule has 0 saturated heterocycles. The molecule has 0 unspecified atom stereocenters. The number of ketones is 1. The Labute approximate surface area is 108 Å². The maximum atomic E-state index is 11.4. The first-order valence-electron chi connectivity index (χ1n) is 5.59. The summed E-state index contributed by atoms with van der Waals surface area (Å²) in [6.45, 7) is 3.38. The van der Waals surface area contributed by atoms with Crippen LogP contribution in [-0.4, -0.2) is 19.9 Å². The molecule has 0 amide bonds. The van der Waals surface area contributed by atoms with E-state index in [9.17, 15) is 4.79 Å². The van der Waals surface area contributed by atoms with Crippen molar-refractivity contribution in [1.29, 1.82) is 0 Å². The van der Waals surface area contributed by atoms with Crippen LogP contribution in [0.1, 0.15) is 23.0 Å². The highest BCUT2D eigenvalue weighted by molar-refractivity contribution is 7.13. The summed E-state index contributed by atoms with van der Waals surface area (Å²) in [7, 11) is 0. The van der Waals surface area contributed by atoms with Crippen molar-refractivity contribution < 1.29 is 4.79 Å². The second-order valence-corrected chi connectivity index (χ2v) is 4.94. The Kier molecular flexibility index (Phi) is 2.48. The molecule has 0 aliphatic rings. The predicted molar refractivity (Wildman–Crippen MR) is 71.5 cm³/mol. The fourth-order valence-electron chi connectivity index (χ4n) is 1.95. The molecule has 18 heavy (non-hydrogen) atoms. The maximum absolute atomic E-state index is 11.4. The fourth-order valence-corrected chi connectivity index (χ4v) is 2.72. The zero-order valence-electron chi connectivity index (χ0n) is 10.0. The van der Waals surface area contributed by atoms with E-state index in [-0.39, 0.29) is 5.78 Å². The predicted octanol–water partition coefficient (Wildman–Crippen LogP) is 2.99. The molecule has 0 atom stereocenters. The van der Waals surface area contributed by atoms with Gasteiger partial charge in [-0.3, -0.25) is 4.79 Å². The van der Waals surface area contributed by atoms with Crippen molar-refractivity contribution in [2.75, 3.05) is 0 Å². The van der Waals surface area contributed by atoms with Gasteiger partial charge in [-0.05, 0) is 37.5 Å². The fraction of sp³-hybridized carbons (Fsp3) is 0.154. The molecule has 0 fully saturated rings. The summed E-state index contributed by atoms with van der Waals surface area (Å²) < 4.78 is 7.21. The summed E-state index contributed by atoms with van der Waals surface area (Å²) in [5.74, 6) is 0.810. The van der Waals surface area contributed by atoms with E-state index >= 15 is 0 Å². The normalized spacial score (nSPS) is 11.0. The Morgan fingerprint density at radius 2 is 2.11 bits per heavy atom. The van der Waals surface area contributed by atoms with Gasteiger partial charge in [-0.25, -0.2) is 4.68 Å². The molecule has 1 aromatic carbocycles. The smallest absolute Gasteiger partial charge is 0.174 e. The maximum Gasteiger partial charge on any atom is 0.174 e. The topological polar surface area (TPSA) is 47.8 Å². The van der Waals surface area contributed by atoms with Crippen LogP contribution in [0.25, 0.3) is 15.9 Å². The number of nitrogens with zero attached hydrogens (tertiary/aromatic N) is 3. The summed E-state index contributed by atoms with van der Waals surface area (Å²) in [4.78, 5) is 11.4. The van der Waals surface area contributed by atoms with E-state index in [4.69, 9.17) is 0 Å². The lowest BCUT2D eigenvalue weighted by Crippen LogP contribution is -1.95. The highest BCUT2D eigenvalue weighted by Gasteiger charge is 2.13. The van der Waals surface area contributed by atoms with E-state index in [2.05, 4.69) is 9.47 Å². The third-order valence-corrected chi connectivity index (χ3v) is 3.67. The van der Waals surface area contributed by atoms with Gasteiger partial charge in [0.15, 0.2) is 11.6 Å². The lowest BCUT2D eigenvalue weighted by molar-refractivity contribution is 0.101. The molecule has 0 bridgehead atoms. The van der Waals surface area contributed by atoms with Crippen LogP contribution in [0.5, 0.6) is 0 Å². The van der Waals surface area contributed by atoms with Gasteiger partial charge in [0.25, 0.3) is 0 Å². The molecule has 0 radical (unpaired) electrons. The van der Waals surface area contributed by atoms with Crippen molar-refractivity contribution >= 4 is 27.4 Å². The molecule has 5 heteroatoms. The monoisotopic (exact) mass is 257 g/mol. The van der Waals surface area contributed by atoms with Crippen LogP contribution in [-0.2, 0) is 0 Å². The second kappa shape index (κ2) is 4.03. The minimum Gasteiger partial charge on any atom is -0.294 e. The van der Waals surface area contributed by atoms with E-state index in [1.54, 1.807) is 17.8 Å². The van der Waals surface area contributed by atoms with Crippen LogP contribution in [0.15, 0.2) is 30.5 Å².